The van der Waals surface area contributed by atoms with Crippen molar-refractivity contribution in [3.05, 3.63) is 114 Å². The van der Waals surface area contributed by atoms with Gasteiger partial charge in [0.1, 0.15) is 0 Å². The summed E-state index contributed by atoms with van der Waals surface area (Å²) in [5.41, 5.74) is -0.0144. The Morgan fingerprint density at radius 1 is 0.474 bits per heavy atom. The zero-order valence-corrected chi connectivity index (χ0v) is 22.6. The van der Waals surface area contributed by atoms with Crippen molar-refractivity contribution in [1.29, 1.82) is 0 Å². The molecule has 2 heterocycles. The number of ether oxygens (including phenoxy) is 2. The van der Waals surface area contributed by atoms with Gasteiger partial charge in [-0.1, -0.05) is 0 Å². The normalized spacial score (nSPS) is 12.8. The monoisotopic (exact) mass is 764 g/mol. The molecule has 0 saturated carbocycles. The van der Waals surface area contributed by atoms with Crippen LogP contribution in [0.4, 0.5) is 35.1 Å². The lowest BCUT2D eigenvalue weighted by atomic mass is 9.99. The summed E-state index contributed by atoms with van der Waals surface area (Å²) in [5, 5.41) is 0. The first-order valence-corrected chi connectivity index (χ1v) is 12.4. The molecule has 2 atom stereocenters. The third-order valence-corrected chi connectivity index (χ3v) is 7.07. The minimum absolute atomic E-state index is 0.00718. The van der Waals surface area contributed by atoms with Gasteiger partial charge in [-0.15, -0.1) is 0 Å². The molecule has 0 bridgehead atoms. The number of aromatic nitrogens is 2. The van der Waals surface area contributed by atoms with Crippen molar-refractivity contribution in [2.45, 2.75) is 12.2 Å². The van der Waals surface area contributed by atoms with Gasteiger partial charge in [-0.05, 0) is 80.6 Å². The van der Waals surface area contributed by atoms with Gasteiger partial charge in [0.25, 0.3) is 0 Å². The van der Waals surface area contributed by atoms with Gasteiger partial charge in [0, 0.05) is 24.8 Å². The molecule has 0 aliphatic carbocycles. The average molecular weight is 764 g/mol. The Morgan fingerprint density at radius 3 is 1.00 bits per heavy atom. The van der Waals surface area contributed by atoms with Crippen molar-refractivity contribution in [3.8, 4) is 11.5 Å². The largest absolute Gasteiger partial charge is 0.475 e. The maximum absolute atomic E-state index is 14.8. The van der Waals surface area contributed by atoms with Gasteiger partial charge < -0.3 is 9.47 Å². The molecule has 4 nitrogen and oxygen atoms in total. The molecule has 2 aromatic carbocycles. The van der Waals surface area contributed by atoms with E-state index in [4.69, 9.17) is 9.47 Å². The number of halogens is 10. The minimum atomic E-state index is -1.90. The number of pyridine rings is 2. The molecule has 0 aliphatic rings. The van der Waals surface area contributed by atoms with Crippen LogP contribution in [-0.2, 0) is 0 Å². The van der Waals surface area contributed by atoms with Crippen molar-refractivity contribution in [1.82, 2.24) is 9.97 Å². The molecule has 0 unspecified atom stereocenters. The maximum atomic E-state index is 14.8. The topological polar surface area (TPSA) is 44.2 Å². The zero-order valence-electron chi connectivity index (χ0n) is 18.3. The van der Waals surface area contributed by atoms with Crippen LogP contribution in [0, 0.1) is 53.7 Å². The predicted molar refractivity (Wildman–Crippen MR) is 133 cm³/mol. The summed E-state index contributed by atoms with van der Waals surface area (Å²) in [6.45, 7) is 0. The van der Waals surface area contributed by atoms with Crippen molar-refractivity contribution >= 4 is 45.2 Å². The van der Waals surface area contributed by atoms with E-state index in [0.29, 0.717) is 0 Å². The fraction of sp³-hybridized carbons (Fsp3) is 0.0833. The summed E-state index contributed by atoms with van der Waals surface area (Å²) in [5.74, 6) is -17.6. The van der Waals surface area contributed by atoms with E-state index in [-0.39, 0.29) is 11.1 Å². The quantitative estimate of drug-likeness (QED) is 0.0837. The van der Waals surface area contributed by atoms with E-state index in [2.05, 4.69) is 9.97 Å². The number of rotatable bonds is 7. The first-order chi connectivity index (χ1) is 18.0. The number of nitrogens with zero attached hydrogens (tertiary/aromatic N) is 2. The van der Waals surface area contributed by atoms with E-state index in [9.17, 15) is 35.1 Å². The molecule has 198 valence electrons. The Bertz CT molecular complexity index is 1330. The summed E-state index contributed by atoms with van der Waals surface area (Å²) < 4.78 is 125. The molecule has 4 rings (SSSR count). The molecule has 0 amide bonds. The van der Waals surface area contributed by atoms with Crippen LogP contribution < -0.4 is 9.47 Å². The van der Waals surface area contributed by atoms with Crippen LogP contribution in [0.1, 0.15) is 23.3 Å². The second kappa shape index (κ2) is 11.5. The van der Waals surface area contributed by atoms with E-state index in [1.807, 2.05) is 0 Å². The summed E-state index contributed by atoms with van der Waals surface area (Å²) in [4.78, 5) is 7.58. The van der Waals surface area contributed by atoms with Gasteiger partial charge in [-0.2, -0.15) is 17.6 Å². The number of hydrogen-bond acceptors (Lipinski definition) is 4. The van der Waals surface area contributed by atoms with Crippen LogP contribution >= 0.6 is 45.2 Å². The summed E-state index contributed by atoms with van der Waals surface area (Å²) in [6, 6.07) is 5.00. The molecule has 0 radical (unpaired) electrons. The Labute approximate surface area is 236 Å². The molecular weight excluding hydrogens is 754 g/mol. The van der Waals surface area contributed by atoms with Crippen LogP contribution in [0.2, 0.25) is 0 Å². The second-order valence-corrected chi connectivity index (χ2v) is 9.59. The van der Waals surface area contributed by atoms with E-state index < -0.39 is 77.4 Å². The van der Waals surface area contributed by atoms with Crippen LogP contribution in [0.15, 0.2) is 49.1 Å². The van der Waals surface area contributed by atoms with Gasteiger partial charge in [0.05, 0.1) is 7.14 Å². The van der Waals surface area contributed by atoms with Gasteiger partial charge in [0.2, 0.25) is 23.3 Å². The first kappa shape index (κ1) is 28.3. The number of benzene rings is 2. The third-order valence-electron chi connectivity index (χ3n) is 5.17. The Morgan fingerprint density at radius 2 is 0.737 bits per heavy atom. The van der Waals surface area contributed by atoms with Crippen molar-refractivity contribution in [3.63, 3.8) is 0 Å². The highest BCUT2D eigenvalue weighted by atomic mass is 127. The molecule has 0 N–H and O–H groups in total. The van der Waals surface area contributed by atoms with Gasteiger partial charge >= 0.3 is 0 Å². The fourth-order valence-electron chi connectivity index (χ4n) is 3.35. The number of hydrogen-bond donors (Lipinski definition) is 0. The lowest BCUT2D eigenvalue weighted by molar-refractivity contribution is 0.0391. The molecular formula is C24H10F8I2N2O2. The summed E-state index contributed by atoms with van der Waals surface area (Å²) in [7, 11) is 0. The molecule has 4 aromatic rings. The Balaban J connectivity index is 1.94. The van der Waals surface area contributed by atoms with Crippen molar-refractivity contribution in [2.24, 2.45) is 0 Å². The molecule has 0 spiro atoms. The van der Waals surface area contributed by atoms with E-state index in [1.165, 1.54) is 49.1 Å². The first-order valence-electron chi connectivity index (χ1n) is 10.2. The second-order valence-electron chi connectivity index (χ2n) is 7.44. The van der Waals surface area contributed by atoms with Crippen LogP contribution in [0.25, 0.3) is 0 Å². The molecule has 38 heavy (non-hydrogen) atoms. The highest BCUT2D eigenvalue weighted by Gasteiger charge is 2.36. The fourth-order valence-corrected chi connectivity index (χ4v) is 4.29. The van der Waals surface area contributed by atoms with E-state index in [1.54, 1.807) is 0 Å². The van der Waals surface area contributed by atoms with Crippen molar-refractivity contribution < 1.29 is 44.6 Å². The highest BCUT2D eigenvalue weighted by molar-refractivity contribution is 14.1. The molecule has 0 saturated heterocycles. The lowest BCUT2D eigenvalue weighted by Gasteiger charge is -2.30. The molecule has 14 heteroatoms. The zero-order chi connectivity index (χ0) is 27.7. The maximum Gasteiger partial charge on any atom is 0.205 e. The van der Waals surface area contributed by atoms with Crippen LogP contribution in [0.5, 0.6) is 11.5 Å². The summed E-state index contributed by atoms with van der Waals surface area (Å²) in [6.07, 6.45) is 1.22. The molecule has 0 aliphatic heterocycles. The van der Waals surface area contributed by atoms with E-state index >= 15 is 0 Å². The third kappa shape index (κ3) is 5.23. The molecule has 2 aromatic heterocycles. The van der Waals surface area contributed by atoms with E-state index in [0.717, 1.165) is 45.2 Å². The lowest BCUT2D eigenvalue weighted by Crippen LogP contribution is -2.25. The highest BCUT2D eigenvalue weighted by Crippen LogP contribution is 2.42. The smallest absolute Gasteiger partial charge is 0.205 e. The Kier molecular flexibility index (Phi) is 8.59. The van der Waals surface area contributed by atoms with Crippen LogP contribution in [0.3, 0.4) is 0 Å². The Hall–Kier alpha value is -2.76. The van der Waals surface area contributed by atoms with Crippen LogP contribution in [-0.4, -0.2) is 9.97 Å². The van der Waals surface area contributed by atoms with Gasteiger partial charge in [-0.25, -0.2) is 17.6 Å². The van der Waals surface area contributed by atoms with Crippen molar-refractivity contribution in [2.75, 3.05) is 0 Å². The summed E-state index contributed by atoms with van der Waals surface area (Å²) >= 11 is 2.11. The van der Waals surface area contributed by atoms with Gasteiger partial charge in [-0.3, -0.25) is 9.97 Å². The average Bonchev–Trinajstić information content (AvgIpc) is 2.94. The minimum Gasteiger partial charge on any atom is -0.475 e. The molecule has 0 fully saturated rings. The standard InChI is InChI=1S/C24H10F8I2N2O2/c25-11-15(29)23(16(30)12(26)19(11)33)37-21(9-1-5-35-6-2-9)22(10-3-7-36-8-4-10)38-24-17(31)13(27)20(34)14(28)18(24)32/h1-8,21-22H/t21-,22-/m0/s1. The van der Waals surface area contributed by atoms with Gasteiger partial charge in [0.15, 0.2) is 47.0 Å². The SMILES string of the molecule is Fc1c(F)c(O[C@@H](c2ccncc2)[C@@H](Oc2c(F)c(F)c(I)c(F)c2F)c2ccncc2)c(F)c(F)c1I. The predicted octanol–water partition coefficient (Wildman–Crippen LogP) is 7.74.